The van der Waals surface area contributed by atoms with Gasteiger partial charge in [0.05, 0.1) is 23.4 Å². The molecule has 0 aromatic heterocycles. The van der Waals surface area contributed by atoms with Crippen molar-refractivity contribution in [1.82, 2.24) is 0 Å². The second-order valence-corrected chi connectivity index (χ2v) is 6.92. The third-order valence-electron chi connectivity index (χ3n) is 4.67. The summed E-state index contributed by atoms with van der Waals surface area (Å²) in [4.78, 5) is 27.5. The van der Waals surface area contributed by atoms with Gasteiger partial charge in [0, 0.05) is 5.69 Å². The summed E-state index contributed by atoms with van der Waals surface area (Å²) >= 11 is 5.87. The summed E-state index contributed by atoms with van der Waals surface area (Å²) in [6, 6.07) is 19.6. The van der Waals surface area contributed by atoms with Crippen LogP contribution in [0, 0.1) is 5.82 Å². The Morgan fingerprint density at radius 2 is 1.63 bits per heavy atom. The van der Waals surface area contributed by atoms with Crippen LogP contribution < -0.4 is 15.0 Å². The van der Waals surface area contributed by atoms with Crippen LogP contribution in [-0.4, -0.2) is 18.9 Å². The topological polar surface area (TPSA) is 58.6 Å². The van der Waals surface area contributed by atoms with E-state index in [1.165, 1.54) is 12.1 Å². The molecule has 0 atom stereocenters. The molecule has 0 saturated heterocycles. The van der Waals surface area contributed by atoms with Gasteiger partial charge in [-0.25, -0.2) is 9.29 Å². The second kappa shape index (κ2) is 8.00. The molecular formula is C23H16ClFN2O3. The van der Waals surface area contributed by atoms with Gasteiger partial charge in [-0.1, -0.05) is 41.9 Å². The summed E-state index contributed by atoms with van der Waals surface area (Å²) in [6.45, 7) is 0. The van der Waals surface area contributed by atoms with Gasteiger partial charge in [-0.05, 0) is 48.0 Å². The van der Waals surface area contributed by atoms with Crippen LogP contribution in [-0.2, 0) is 9.59 Å². The largest absolute Gasteiger partial charge is 0.497 e. The van der Waals surface area contributed by atoms with E-state index >= 15 is 0 Å². The molecule has 1 heterocycles. The first kappa shape index (κ1) is 19.7. The maximum absolute atomic E-state index is 13.6. The molecule has 5 nitrogen and oxygen atoms in total. The molecule has 0 saturated carbocycles. The van der Waals surface area contributed by atoms with Gasteiger partial charge in [-0.2, -0.15) is 0 Å². The lowest BCUT2D eigenvalue weighted by Crippen LogP contribution is -2.32. The number of hydrogen-bond donors (Lipinski definition) is 1. The summed E-state index contributed by atoms with van der Waals surface area (Å²) in [5.74, 6) is -1.11. The zero-order chi connectivity index (χ0) is 21.3. The number of amides is 2. The first-order valence-corrected chi connectivity index (χ1v) is 9.42. The molecule has 0 fully saturated rings. The van der Waals surface area contributed by atoms with Crippen molar-refractivity contribution >= 4 is 40.4 Å². The van der Waals surface area contributed by atoms with Crippen LogP contribution in [0.5, 0.6) is 5.75 Å². The number of halogens is 2. The number of methoxy groups -OCH3 is 1. The molecule has 0 radical (unpaired) electrons. The van der Waals surface area contributed by atoms with Crippen molar-refractivity contribution in [1.29, 1.82) is 0 Å². The molecular weight excluding hydrogens is 407 g/mol. The Balaban J connectivity index is 1.81. The molecule has 3 aromatic rings. The van der Waals surface area contributed by atoms with Crippen LogP contribution in [0.15, 0.2) is 78.5 Å². The molecule has 0 aliphatic carbocycles. The van der Waals surface area contributed by atoms with E-state index in [2.05, 4.69) is 5.32 Å². The average Bonchev–Trinajstić information content (AvgIpc) is 3.00. The van der Waals surface area contributed by atoms with Crippen molar-refractivity contribution in [2.45, 2.75) is 0 Å². The molecule has 2 amide bonds. The van der Waals surface area contributed by atoms with Gasteiger partial charge >= 0.3 is 0 Å². The van der Waals surface area contributed by atoms with Gasteiger partial charge in [0.25, 0.3) is 11.8 Å². The second-order valence-electron chi connectivity index (χ2n) is 6.51. The molecule has 1 aliphatic rings. The molecule has 1 N–H and O–H groups in total. The average molecular weight is 423 g/mol. The van der Waals surface area contributed by atoms with Crippen LogP contribution in [0.1, 0.15) is 5.56 Å². The lowest BCUT2D eigenvalue weighted by atomic mass is 10.0. The van der Waals surface area contributed by atoms with Crippen molar-refractivity contribution < 1.29 is 18.7 Å². The number of carbonyl (C=O) groups is 2. The summed E-state index contributed by atoms with van der Waals surface area (Å²) in [7, 11) is 1.54. The lowest BCUT2D eigenvalue weighted by molar-refractivity contribution is -0.120. The number of carbonyl (C=O) groups excluding carboxylic acids is 2. The fourth-order valence-corrected chi connectivity index (χ4v) is 3.37. The van der Waals surface area contributed by atoms with E-state index in [-0.39, 0.29) is 22.0 Å². The molecule has 4 rings (SSSR count). The first-order valence-electron chi connectivity index (χ1n) is 9.04. The van der Waals surface area contributed by atoms with E-state index in [0.717, 1.165) is 11.0 Å². The van der Waals surface area contributed by atoms with Crippen molar-refractivity contribution in [2.75, 3.05) is 17.3 Å². The van der Waals surface area contributed by atoms with Gasteiger partial charge in [0.2, 0.25) is 0 Å². The summed E-state index contributed by atoms with van der Waals surface area (Å²) in [6.07, 6.45) is 0. The number of para-hydroxylation sites is 1. The van der Waals surface area contributed by atoms with Crippen LogP contribution in [0.4, 0.5) is 15.8 Å². The van der Waals surface area contributed by atoms with Crippen molar-refractivity contribution in [3.05, 3.63) is 94.9 Å². The highest BCUT2D eigenvalue weighted by Crippen LogP contribution is 2.35. The molecule has 7 heteroatoms. The minimum absolute atomic E-state index is 0.122. The van der Waals surface area contributed by atoms with Crippen LogP contribution in [0.2, 0.25) is 5.02 Å². The zero-order valence-corrected chi connectivity index (χ0v) is 16.6. The maximum atomic E-state index is 13.6. The van der Waals surface area contributed by atoms with Crippen LogP contribution >= 0.6 is 11.6 Å². The van der Waals surface area contributed by atoms with Gasteiger partial charge < -0.3 is 10.1 Å². The quantitative estimate of drug-likeness (QED) is 0.595. The molecule has 1 aliphatic heterocycles. The number of imide groups is 1. The van der Waals surface area contributed by atoms with Crippen LogP contribution in [0.3, 0.4) is 0 Å². The molecule has 0 spiro atoms. The van der Waals surface area contributed by atoms with Crippen LogP contribution in [0.25, 0.3) is 5.57 Å². The number of benzene rings is 3. The first-order chi connectivity index (χ1) is 14.5. The molecule has 30 heavy (non-hydrogen) atoms. The Morgan fingerprint density at radius 1 is 0.933 bits per heavy atom. The predicted octanol–water partition coefficient (Wildman–Crippen LogP) is 4.88. The monoisotopic (exact) mass is 422 g/mol. The third kappa shape index (κ3) is 3.53. The normalized spacial score (nSPS) is 13.8. The summed E-state index contributed by atoms with van der Waals surface area (Å²) in [5.41, 5.74) is 1.71. The van der Waals surface area contributed by atoms with Gasteiger partial charge in [-0.3, -0.25) is 9.59 Å². The van der Waals surface area contributed by atoms with E-state index in [4.69, 9.17) is 16.3 Å². The number of rotatable bonds is 5. The molecule has 0 bridgehead atoms. The number of anilines is 2. The summed E-state index contributed by atoms with van der Waals surface area (Å²) in [5, 5.41) is 2.88. The molecule has 3 aromatic carbocycles. The predicted molar refractivity (Wildman–Crippen MR) is 114 cm³/mol. The standard InChI is InChI=1S/C23H16ClFN2O3/c1-30-17-10-7-14(8-11-17)20-21(26-15-5-3-2-4-6-15)23(29)27(22(20)28)16-9-12-19(25)18(24)13-16/h2-13,26H,1H3. The highest BCUT2D eigenvalue weighted by Gasteiger charge is 2.40. The number of nitrogens with one attached hydrogen (secondary N) is 1. The number of hydrogen-bond acceptors (Lipinski definition) is 4. The van der Waals surface area contributed by atoms with E-state index in [9.17, 15) is 14.0 Å². The van der Waals surface area contributed by atoms with Crippen molar-refractivity contribution in [3.63, 3.8) is 0 Å². The van der Waals surface area contributed by atoms with E-state index in [1.54, 1.807) is 43.5 Å². The smallest absolute Gasteiger partial charge is 0.282 e. The number of ether oxygens (including phenoxy) is 1. The van der Waals surface area contributed by atoms with E-state index < -0.39 is 17.6 Å². The zero-order valence-electron chi connectivity index (χ0n) is 15.9. The Morgan fingerprint density at radius 3 is 2.27 bits per heavy atom. The fraction of sp³-hybridized carbons (Fsp3) is 0.0435. The minimum atomic E-state index is -0.634. The molecule has 0 unspecified atom stereocenters. The highest BCUT2D eigenvalue weighted by molar-refractivity contribution is 6.46. The summed E-state index contributed by atoms with van der Waals surface area (Å²) < 4.78 is 18.8. The van der Waals surface area contributed by atoms with Gasteiger partial charge in [0.1, 0.15) is 17.3 Å². The van der Waals surface area contributed by atoms with Gasteiger partial charge in [0.15, 0.2) is 0 Å². The number of nitrogens with zero attached hydrogens (tertiary/aromatic N) is 1. The van der Waals surface area contributed by atoms with Crippen molar-refractivity contribution in [2.24, 2.45) is 0 Å². The van der Waals surface area contributed by atoms with E-state index in [0.29, 0.717) is 17.0 Å². The van der Waals surface area contributed by atoms with E-state index in [1.807, 2.05) is 18.2 Å². The van der Waals surface area contributed by atoms with Crippen molar-refractivity contribution in [3.8, 4) is 5.75 Å². The Labute approximate surface area is 177 Å². The maximum Gasteiger partial charge on any atom is 0.282 e. The highest BCUT2D eigenvalue weighted by atomic mass is 35.5. The third-order valence-corrected chi connectivity index (χ3v) is 4.96. The minimum Gasteiger partial charge on any atom is -0.497 e. The van der Waals surface area contributed by atoms with Gasteiger partial charge in [-0.15, -0.1) is 0 Å². The Bertz CT molecular complexity index is 1160. The lowest BCUT2D eigenvalue weighted by Gasteiger charge is -2.16. The SMILES string of the molecule is COc1ccc(C2=C(Nc3ccccc3)C(=O)N(c3ccc(F)c(Cl)c3)C2=O)cc1. The molecule has 150 valence electrons. The Hall–Kier alpha value is -3.64. The fourth-order valence-electron chi connectivity index (χ4n) is 3.20. The Kier molecular flexibility index (Phi) is 5.25.